The van der Waals surface area contributed by atoms with E-state index in [2.05, 4.69) is 48.0 Å². The van der Waals surface area contributed by atoms with Gasteiger partial charge in [0.25, 0.3) is 0 Å². The lowest BCUT2D eigenvalue weighted by molar-refractivity contribution is -0.121. The Bertz CT molecular complexity index is 382. The third-order valence-electron chi connectivity index (χ3n) is 2.99. The summed E-state index contributed by atoms with van der Waals surface area (Å²) in [4.78, 5) is 11.7. The Kier molecular flexibility index (Phi) is 4.72. The molecule has 1 rings (SSSR count). The van der Waals surface area contributed by atoms with Crippen molar-refractivity contribution in [2.24, 2.45) is 5.92 Å². The molecule has 2 heteroatoms. The number of halogens is 1. The van der Waals surface area contributed by atoms with Gasteiger partial charge in [-0.2, -0.15) is 0 Å². The van der Waals surface area contributed by atoms with Crippen LogP contribution in [0.15, 0.2) is 18.2 Å². The number of carbonyl (C=O) groups excluding carboxylic acids is 1. The predicted octanol–water partition coefficient (Wildman–Crippen LogP) is 3.83. The van der Waals surface area contributed by atoms with Crippen LogP contribution in [0.1, 0.15) is 30.5 Å². The minimum atomic E-state index is -0.0620. The fourth-order valence-electron chi connectivity index (χ4n) is 1.69. The van der Waals surface area contributed by atoms with Gasteiger partial charge in [-0.1, -0.05) is 48.0 Å². The Morgan fingerprint density at radius 2 is 1.94 bits per heavy atom. The van der Waals surface area contributed by atoms with E-state index < -0.39 is 0 Å². The van der Waals surface area contributed by atoms with Crippen LogP contribution < -0.4 is 0 Å². The van der Waals surface area contributed by atoms with Gasteiger partial charge in [0.2, 0.25) is 0 Å². The first kappa shape index (κ1) is 13.4. The fourth-order valence-corrected chi connectivity index (χ4v) is 2.57. The monoisotopic (exact) mass is 282 g/mol. The minimum absolute atomic E-state index is 0.0620. The number of carbonyl (C=O) groups is 1. The molecular formula is C14H19BrO. The molecule has 0 aliphatic rings. The first-order valence-electron chi connectivity index (χ1n) is 5.66. The van der Waals surface area contributed by atoms with Crippen LogP contribution in [0.4, 0.5) is 0 Å². The SMILES string of the molecule is Cc1cccc(CC(Br)C(=O)C(C)C)c1C. The average molecular weight is 283 g/mol. The van der Waals surface area contributed by atoms with E-state index in [4.69, 9.17) is 0 Å². The predicted molar refractivity (Wildman–Crippen MR) is 72.2 cm³/mol. The van der Waals surface area contributed by atoms with Crippen LogP contribution in [0, 0.1) is 19.8 Å². The summed E-state index contributed by atoms with van der Waals surface area (Å²) in [6.45, 7) is 8.11. The van der Waals surface area contributed by atoms with Gasteiger partial charge in [-0.25, -0.2) is 0 Å². The third kappa shape index (κ3) is 3.18. The molecule has 0 saturated carbocycles. The lowest BCUT2D eigenvalue weighted by atomic mass is 9.96. The summed E-state index contributed by atoms with van der Waals surface area (Å²) in [5, 5.41) is 0. The Labute approximate surface area is 106 Å². The Hall–Kier alpha value is -0.630. The molecule has 0 aliphatic carbocycles. The smallest absolute Gasteiger partial charge is 0.149 e. The highest BCUT2D eigenvalue weighted by Crippen LogP contribution is 2.19. The second-order valence-electron chi connectivity index (χ2n) is 4.59. The van der Waals surface area contributed by atoms with Gasteiger partial charge in [-0.3, -0.25) is 4.79 Å². The maximum atomic E-state index is 11.8. The zero-order chi connectivity index (χ0) is 12.3. The van der Waals surface area contributed by atoms with Crippen LogP contribution >= 0.6 is 15.9 Å². The van der Waals surface area contributed by atoms with Crippen molar-refractivity contribution in [3.8, 4) is 0 Å². The van der Waals surface area contributed by atoms with Crippen molar-refractivity contribution >= 4 is 21.7 Å². The normalized spacial score (nSPS) is 12.9. The van der Waals surface area contributed by atoms with Crippen LogP contribution in [-0.4, -0.2) is 10.6 Å². The Balaban J connectivity index is 2.81. The number of Topliss-reactive ketones (excluding diaryl/α,β-unsaturated/α-hetero) is 1. The largest absolute Gasteiger partial charge is 0.298 e. The first-order valence-corrected chi connectivity index (χ1v) is 6.58. The summed E-state index contributed by atoms with van der Waals surface area (Å²) < 4.78 is 0. The molecule has 0 spiro atoms. The fraction of sp³-hybridized carbons (Fsp3) is 0.500. The zero-order valence-electron chi connectivity index (χ0n) is 10.4. The van der Waals surface area contributed by atoms with E-state index >= 15 is 0 Å². The highest BCUT2D eigenvalue weighted by molar-refractivity contribution is 9.10. The number of aryl methyl sites for hydroxylation is 1. The summed E-state index contributed by atoms with van der Waals surface area (Å²) in [5.74, 6) is 0.371. The molecule has 0 saturated heterocycles. The molecule has 0 bridgehead atoms. The van der Waals surface area contributed by atoms with Crippen LogP contribution in [-0.2, 0) is 11.2 Å². The molecular weight excluding hydrogens is 264 g/mol. The molecule has 0 fully saturated rings. The quantitative estimate of drug-likeness (QED) is 0.767. The van der Waals surface area contributed by atoms with E-state index in [0.717, 1.165) is 6.42 Å². The Morgan fingerprint density at radius 3 is 2.50 bits per heavy atom. The molecule has 1 aromatic carbocycles. The summed E-state index contributed by atoms with van der Waals surface area (Å²) >= 11 is 3.49. The van der Waals surface area contributed by atoms with Crippen molar-refractivity contribution in [2.45, 2.75) is 38.9 Å². The molecule has 1 aromatic rings. The minimum Gasteiger partial charge on any atom is -0.298 e. The first-order chi connectivity index (χ1) is 7.43. The van der Waals surface area contributed by atoms with Crippen LogP contribution in [0.2, 0.25) is 0 Å². The van der Waals surface area contributed by atoms with Gasteiger partial charge in [-0.15, -0.1) is 0 Å². The van der Waals surface area contributed by atoms with Gasteiger partial charge in [0.05, 0.1) is 4.83 Å². The molecule has 0 heterocycles. The standard InChI is InChI=1S/C14H19BrO/c1-9(2)14(16)13(15)8-12-7-5-6-10(3)11(12)4/h5-7,9,13H,8H2,1-4H3. The number of hydrogen-bond acceptors (Lipinski definition) is 1. The number of hydrogen-bond donors (Lipinski definition) is 0. The number of ketones is 1. The third-order valence-corrected chi connectivity index (χ3v) is 3.77. The topological polar surface area (TPSA) is 17.1 Å². The molecule has 1 atom stereocenters. The molecule has 0 aromatic heterocycles. The molecule has 1 unspecified atom stereocenters. The van der Waals surface area contributed by atoms with Crippen molar-refractivity contribution in [3.63, 3.8) is 0 Å². The van der Waals surface area contributed by atoms with E-state index in [1.54, 1.807) is 0 Å². The highest BCUT2D eigenvalue weighted by atomic mass is 79.9. The lowest BCUT2D eigenvalue weighted by Crippen LogP contribution is -2.22. The second-order valence-corrected chi connectivity index (χ2v) is 5.69. The van der Waals surface area contributed by atoms with Crippen molar-refractivity contribution < 1.29 is 4.79 Å². The van der Waals surface area contributed by atoms with Crippen LogP contribution in [0.25, 0.3) is 0 Å². The van der Waals surface area contributed by atoms with Gasteiger partial charge in [0.1, 0.15) is 5.78 Å². The van der Waals surface area contributed by atoms with Gasteiger partial charge in [0.15, 0.2) is 0 Å². The molecule has 88 valence electrons. The highest BCUT2D eigenvalue weighted by Gasteiger charge is 2.19. The second kappa shape index (κ2) is 5.62. The van der Waals surface area contributed by atoms with Crippen LogP contribution in [0.3, 0.4) is 0 Å². The maximum absolute atomic E-state index is 11.8. The van der Waals surface area contributed by atoms with Gasteiger partial charge in [0, 0.05) is 5.92 Å². The number of rotatable bonds is 4. The van der Waals surface area contributed by atoms with Crippen molar-refractivity contribution in [1.29, 1.82) is 0 Å². The summed E-state index contributed by atoms with van der Waals surface area (Å²) in [6.07, 6.45) is 0.782. The van der Waals surface area contributed by atoms with Crippen molar-refractivity contribution in [3.05, 3.63) is 34.9 Å². The molecule has 0 amide bonds. The molecule has 0 aliphatic heterocycles. The summed E-state index contributed by atoms with van der Waals surface area (Å²) in [5.41, 5.74) is 3.84. The number of benzene rings is 1. The van der Waals surface area contributed by atoms with E-state index in [9.17, 15) is 4.79 Å². The molecule has 0 radical (unpaired) electrons. The van der Waals surface area contributed by atoms with E-state index in [1.807, 2.05) is 13.8 Å². The van der Waals surface area contributed by atoms with Gasteiger partial charge >= 0.3 is 0 Å². The van der Waals surface area contributed by atoms with Crippen molar-refractivity contribution in [1.82, 2.24) is 0 Å². The molecule has 0 N–H and O–H groups in total. The molecule has 1 nitrogen and oxygen atoms in total. The summed E-state index contributed by atoms with van der Waals surface area (Å²) in [7, 11) is 0. The summed E-state index contributed by atoms with van der Waals surface area (Å²) in [6, 6.07) is 6.26. The van der Waals surface area contributed by atoms with E-state index in [0.29, 0.717) is 0 Å². The van der Waals surface area contributed by atoms with Gasteiger partial charge in [-0.05, 0) is 37.0 Å². The average Bonchev–Trinajstić information content (AvgIpc) is 2.23. The van der Waals surface area contributed by atoms with E-state index in [-0.39, 0.29) is 16.5 Å². The maximum Gasteiger partial charge on any atom is 0.149 e. The molecule has 16 heavy (non-hydrogen) atoms. The van der Waals surface area contributed by atoms with Crippen LogP contribution in [0.5, 0.6) is 0 Å². The van der Waals surface area contributed by atoms with Crippen molar-refractivity contribution in [2.75, 3.05) is 0 Å². The zero-order valence-corrected chi connectivity index (χ0v) is 12.0. The number of alkyl halides is 1. The lowest BCUT2D eigenvalue weighted by Gasteiger charge is -2.14. The van der Waals surface area contributed by atoms with Gasteiger partial charge < -0.3 is 0 Å². The Morgan fingerprint density at radius 1 is 1.31 bits per heavy atom. The van der Waals surface area contributed by atoms with E-state index in [1.165, 1.54) is 16.7 Å².